The van der Waals surface area contributed by atoms with E-state index in [4.69, 9.17) is 14.7 Å². The summed E-state index contributed by atoms with van der Waals surface area (Å²) in [5.41, 5.74) is 4.91. The lowest BCUT2D eigenvalue weighted by Gasteiger charge is -2.10. The third-order valence-corrected chi connectivity index (χ3v) is 4.15. The average Bonchev–Trinajstić information content (AvgIpc) is 2.73. The Balaban J connectivity index is 2.07. The van der Waals surface area contributed by atoms with Gasteiger partial charge in [0.05, 0.1) is 25.9 Å². The van der Waals surface area contributed by atoms with Crippen LogP contribution in [0.4, 0.5) is 0 Å². The fraction of sp³-hybridized carbons (Fsp3) is 0.0870. The molecule has 0 amide bonds. The lowest BCUT2D eigenvalue weighted by molar-refractivity contribution is 0.414. The second-order valence-corrected chi connectivity index (χ2v) is 5.75. The Labute approximate surface area is 153 Å². The summed E-state index contributed by atoms with van der Waals surface area (Å²) >= 11 is 0. The van der Waals surface area contributed by atoms with Gasteiger partial charge in [0, 0.05) is 0 Å². The van der Waals surface area contributed by atoms with Crippen LogP contribution in [-0.4, -0.2) is 14.2 Å². The Morgan fingerprint density at radius 1 is 0.731 bits per heavy atom. The van der Waals surface area contributed by atoms with Crippen LogP contribution < -0.4 is 9.47 Å². The van der Waals surface area contributed by atoms with Gasteiger partial charge >= 0.3 is 0 Å². The zero-order valence-electron chi connectivity index (χ0n) is 14.8. The van der Waals surface area contributed by atoms with Crippen molar-refractivity contribution >= 4 is 11.6 Å². The maximum Gasteiger partial charge on any atom is 0.118 e. The van der Waals surface area contributed by atoms with E-state index in [-0.39, 0.29) is 0 Å². The highest BCUT2D eigenvalue weighted by Crippen LogP contribution is 2.28. The van der Waals surface area contributed by atoms with Gasteiger partial charge < -0.3 is 9.47 Å². The molecule has 3 nitrogen and oxygen atoms in total. The smallest absolute Gasteiger partial charge is 0.118 e. The highest BCUT2D eigenvalue weighted by Gasteiger charge is 2.07. The molecule has 0 atom stereocenters. The minimum absolute atomic E-state index is 0.646. The average molecular weight is 341 g/mol. The largest absolute Gasteiger partial charge is 0.497 e. The van der Waals surface area contributed by atoms with Gasteiger partial charge in [0.15, 0.2) is 0 Å². The zero-order chi connectivity index (χ0) is 18.4. The maximum absolute atomic E-state index is 9.04. The minimum Gasteiger partial charge on any atom is -0.497 e. The predicted octanol–water partition coefficient (Wildman–Crippen LogP) is 5.16. The first kappa shape index (κ1) is 17.3. The van der Waals surface area contributed by atoms with Gasteiger partial charge in [0.2, 0.25) is 0 Å². The second-order valence-electron chi connectivity index (χ2n) is 5.75. The van der Waals surface area contributed by atoms with Crippen LogP contribution in [0.1, 0.15) is 22.3 Å². The molecular formula is C23H19NO2. The summed E-state index contributed by atoms with van der Waals surface area (Å²) in [6, 6.07) is 25.6. The van der Waals surface area contributed by atoms with Crippen LogP contribution in [0.15, 0.2) is 72.8 Å². The van der Waals surface area contributed by atoms with Crippen LogP contribution in [0.2, 0.25) is 0 Å². The Hall–Kier alpha value is -3.51. The number of benzene rings is 3. The SMILES string of the molecule is COc1ccc(/C=C(/c2ccc(C#N)cc2)c2ccc(OC)cc2)cc1. The van der Waals surface area contributed by atoms with E-state index < -0.39 is 0 Å². The molecule has 0 radical (unpaired) electrons. The predicted molar refractivity (Wildman–Crippen MR) is 104 cm³/mol. The molecule has 0 fully saturated rings. The van der Waals surface area contributed by atoms with Gasteiger partial charge in [-0.15, -0.1) is 0 Å². The van der Waals surface area contributed by atoms with Crippen molar-refractivity contribution in [2.45, 2.75) is 0 Å². The maximum atomic E-state index is 9.04. The zero-order valence-corrected chi connectivity index (χ0v) is 14.8. The highest BCUT2D eigenvalue weighted by atomic mass is 16.5. The second kappa shape index (κ2) is 8.04. The van der Waals surface area contributed by atoms with E-state index in [1.54, 1.807) is 14.2 Å². The van der Waals surface area contributed by atoms with E-state index >= 15 is 0 Å². The molecule has 128 valence electrons. The number of ether oxygens (including phenoxy) is 2. The molecule has 26 heavy (non-hydrogen) atoms. The summed E-state index contributed by atoms with van der Waals surface area (Å²) in [6.45, 7) is 0. The first-order valence-corrected chi connectivity index (χ1v) is 8.24. The lowest BCUT2D eigenvalue weighted by Crippen LogP contribution is -1.90. The van der Waals surface area contributed by atoms with E-state index in [1.807, 2.05) is 72.8 Å². The summed E-state index contributed by atoms with van der Waals surface area (Å²) in [5, 5.41) is 9.04. The van der Waals surface area contributed by atoms with Crippen molar-refractivity contribution in [1.82, 2.24) is 0 Å². The van der Waals surface area contributed by atoms with E-state index in [1.165, 1.54) is 0 Å². The van der Waals surface area contributed by atoms with E-state index in [0.717, 1.165) is 33.8 Å². The van der Waals surface area contributed by atoms with Crippen molar-refractivity contribution in [2.75, 3.05) is 14.2 Å². The lowest BCUT2D eigenvalue weighted by atomic mass is 9.95. The summed E-state index contributed by atoms with van der Waals surface area (Å²) in [6.07, 6.45) is 2.13. The quantitative estimate of drug-likeness (QED) is 0.602. The van der Waals surface area contributed by atoms with Crippen LogP contribution in [0.5, 0.6) is 11.5 Å². The van der Waals surface area contributed by atoms with Crippen molar-refractivity contribution in [3.05, 3.63) is 95.1 Å². The third-order valence-electron chi connectivity index (χ3n) is 4.15. The molecule has 0 unspecified atom stereocenters. The fourth-order valence-corrected chi connectivity index (χ4v) is 2.70. The third kappa shape index (κ3) is 3.93. The Morgan fingerprint density at radius 3 is 1.65 bits per heavy atom. The number of rotatable bonds is 5. The van der Waals surface area contributed by atoms with Crippen molar-refractivity contribution < 1.29 is 9.47 Å². The number of hydrogen-bond acceptors (Lipinski definition) is 3. The molecular weight excluding hydrogens is 322 g/mol. The molecule has 0 aliphatic rings. The van der Waals surface area contributed by atoms with Gasteiger partial charge in [-0.2, -0.15) is 5.26 Å². The van der Waals surface area contributed by atoms with Gasteiger partial charge in [-0.05, 0) is 64.7 Å². The first-order valence-electron chi connectivity index (χ1n) is 8.24. The molecule has 0 bridgehead atoms. The molecule has 3 aromatic rings. The molecule has 0 saturated carbocycles. The number of nitriles is 1. The van der Waals surface area contributed by atoms with Crippen molar-refractivity contribution in [2.24, 2.45) is 0 Å². The van der Waals surface area contributed by atoms with Gasteiger partial charge in [0.1, 0.15) is 11.5 Å². The summed E-state index contributed by atoms with van der Waals surface area (Å²) < 4.78 is 10.5. The molecule has 0 spiro atoms. The molecule has 0 saturated heterocycles. The Morgan fingerprint density at radius 2 is 1.19 bits per heavy atom. The standard InChI is InChI=1S/C23H19NO2/c1-25-21-11-5-17(6-12-21)15-23(19-7-3-18(16-24)4-8-19)20-9-13-22(26-2)14-10-20/h3-15H,1-2H3/b23-15-. The number of methoxy groups -OCH3 is 2. The highest BCUT2D eigenvalue weighted by molar-refractivity contribution is 5.91. The van der Waals surface area contributed by atoms with Crippen molar-refractivity contribution in [3.8, 4) is 17.6 Å². The molecule has 3 rings (SSSR count). The fourth-order valence-electron chi connectivity index (χ4n) is 2.70. The molecule has 0 N–H and O–H groups in total. The van der Waals surface area contributed by atoms with Gasteiger partial charge in [-0.25, -0.2) is 0 Å². The first-order chi connectivity index (χ1) is 12.7. The normalized spacial score (nSPS) is 10.9. The summed E-state index contributed by atoms with van der Waals surface area (Å²) in [7, 11) is 3.31. The van der Waals surface area contributed by atoms with Gasteiger partial charge in [-0.3, -0.25) is 0 Å². The minimum atomic E-state index is 0.646. The van der Waals surface area contributed by atoms with E-state index in [2.05, 4.69) is 12.1 Å². The Kier molecular flexibility index (Phi) is 5.36. The monoisotopic (exact) mass is 341 g/mol. The van der Waals surface area contributed by atoms with Crippen LogP contribution >= 0.6 is 0 Å². The molecule has 0 aliphatic heterocycles. The Bertz CT molecular complexity index is 931. The topological polar surface area (TPSA) is 42.2 Å². The van der Waals surface area contributed by atoms with Gasteiger partial charge in [0.25, 0.3) is 0 Å². The van der Waals surface area contributed by atoms with E-state index in [0.29, 0.717) is 5.56 Å². The van der Waals surface area contributed by atoms with Gasteiger partial charge in [-0.1, -0.05) is 36.4 Å². The number of hydrogen-bond donors (Lipinski definition) is 0. The van der Waals surface area contributed by atoms with Crippen molar-refractivity contribution in [1.29, 1.82) is 5.26 Å². The van der Waals surface area contributed by atoms with Crippen LogP contribution in [0.3, 0.4) is 0 Å². The van der Waals surface area contributed by atoms with E-state index in [9.17, 15) is 0 Å². The molecule has 3 heteroatoms. The van der Waals surface area contributed by atoms with Crippen molar-refractivity contribution in [3.63, 3.8) is 0 Å². The van der Waals surface area contributed by atoms with Crippen LogP contribution in [-0.2, 0) is 0 Å². The molecule has 0 aliphatic carbocycles. The molecule has 0 aromatic heterocycles. The van der Waals surface area contributed by atoms with Crippen LogP contribution in [0.25, 0.3) is 11.6 Å². The van der Waals surface area contributed by atoms with Crippen LogP contribution in [0, 0.1) is 11.3 Å². The number of nitrogens with zero attached hydrogens (tertiary/aromatic N) is 1. The summed E-state index contributed by atoms with van der Waals surface area (Å²) in [4.78, 5) is 0. The molecule has 0 heterocycles. The summed E-state index contributed by atoms with van der Waals surface area (Å²) in [5.74, 6) is 1.64. The molecule has 3 aromatic carbocycles.